The number of hydrogen-bond donors (Lipinski definition) is 1. The van der Waals surface area contributed by atoms with Crippen molar-refractivity contribution in [3.63, 3.8) is 0 Å². The minimum atomic E-state index is -0.669. The summed E-state index contributed by atoms with van der Waals surface area (Å²) in [6.45, 7) is 1.57. The van der Waals surface area contributed by atoms with E-state index in [0.717, 1.165) is 6.29 Å². The van der Waals surface area contributed by atoms with Crippen LogP contribution in [0.1, 0.15) is 17.3 Å². The van der Waals surface area contributed by atoms with E-state index in [0.29, 0.717) is 11.3 Å². The number of benzene rings is 1. The van der Waals surface area contributed by atoms with Gasteiger partial charge in [-0.1, -0.05) is 0 Å². The second-order valence-corrected chi connectivity index (χ2v) is 2.85. The van der Waals surface area contributed by atoms with Crippen LogP contribution in [-0.2, 0) is 4.79 Å². The van der Waals surface area contributed by atoms with Crippen LogP contribution >= 0.6 is 0 Å². The van der Waals surface area contributed by atoms with E-state index in [-0.39, 0.29) is 0 Å². The van der Waals surface area contributed by atoms with Crippen LogP contribution in [0.4, 0.5) is 0 Å². The highest BCUT2D eigenvalue weighted by Gasteiger charge is 2.09. The average Bonchev–Trinajstić information content (AvgIpc) is 2.19. The predicted octanol–water partition coefficient (Wildman–Crippen LogP) is 0.752. The Hall–Kier alpha value is -1.84. The van der Waals surface area contributed by atoms with Gasteiger partial charge < -0.3 is 10.5 Å². The summed E-state index contributed by atoms with van der Waals surface area (Å²) < 4.78 is 5.18. The summed E-state index contributed by atoms with van der Waals surface area (Å²) in [6, 6.07) is 6.44. The molecule has 1 amide bonds. The maximum atomic E-state index is 10.7. The topological polar surface area (TPSA) is 69.4 Å². The maximum Gasteiger partial charge on any atom is 0.258 e. The van der Waals surface area contributed by atoms with E-state index in [1.807, 2.05) is 0 Å². The third-order valence-electron chi connectivity index (χ3n) is 1.73. The molecule has 0 saturated carbocycles. The minimum absolute atomic E-state index is 0.516. The van der Waals surface area contributed by atoms with Crippen LogP contribution in [0.2, 0.25) is 0 Å². The molecule has 0 fully saturated rings. The molecular formula is C10H11NO3. The van der Waals surface area contributed by atoms with Crippen LogP contribution in [0.3, 0.4) is 0 Å². The normalized spacial score (nSPS) is 11.8. The van der Waals surface area contributed by atoms with Gasteiger partial charge in [-0.25, -0.2) is 0 Å². The van der Waals surface area contributed by atoms with Gasteiger partial charge in [-0.15, -0.1) is 0 Å². The molecule has 1 rings (SSSR count). The molecule has 0 unspecified atom stereocenters. The van der Waals surface area contributed by atoms with Crippen molar-refractivity contribution in [1.29, 1.82) is 0 Å². The molecule has 1 aromatic rings. The van der Waals surface area contributed by atoms with Crippen molar-refractivity contribution in [2.75, 3.05) is 0 Å². The summed E-state index contributed by atoms with van der Waals surface area (Å²) in [5.74, 6) is -0.00800. The average molecular weight is 193 g/mol. The lowest BCUT2D eigenvalue weighted by Crippen LogP contribution is -2.30. The molecule has 0 bridgehead atoms. The Morgan fingerprint density at radius 1 is 1.43 bits per heavy atom. The van der Waals surface area contributed by atoms with Crippen molar-refractivity contribution >= 4 is 12.2 Å². The highest BCUT2D eigenvalue weighted by molar-refractivity contribution is 5.78. The van der Waals surface area contributed by atoms with Crippen LogP contribution < -0.4 is 10.5 Å². The van der Waals surface area contributed by atoms with Gasteiger partial charge in [-0.05, 0) is 31.2 Å². The summed E-state index contributed by atoms with van der Waals surface area (Å²) in [7, 11) is 0. The zero-order valence-electron chi connectivity index (χ0n) is 7.77. The first-order valence-electron chi connectivity index (χ1n) is 4.14. The monoisotopic (exact) mass is 193 g/mol. The first-order chi connectivity index (χ1) is 6.63. The van der Waals surface area contributed by atoms with Gasteiger partial charge in [-0.3, -0.25) is 9.59 Å². The molecule has 0 aliphatic rings. The highest BCUT2D eigenvalue weighted by atomic mass is 16.5. The summed E-state index contributed by atoms with van der Waals surface area (Å²) >= 11 is 0. The minimum Gasteiger partial charge on any atom is -0.481 e. The van der Waals surface area contributed by atoms with Crippen molar-refractivity contribution in [1.82, 2.24) is 0 Å². The molecule has 14 heavy (non-hydrogen) atoms. The van der Waals surface area contributed by atoms with Gasteiger partial charge in [0.25, 0.3) is 5.91 Å². The summed E-state index contributed by atoms with van der Waals surface area (Å²) in [5.41, 5.74) is 5.58. The van der Waals surface area contributed by atoms with Crippen LogP contribution in [0.15, 0.2) is 24.3 Å². The van der Waals surface area contributed by atoms with Gasteiger partial charge >= 0.3 is 0 Å². The Kier molecular flexibility index (Phi) is 3.23. The van der Waals surface area contributed by atoms with E-state index in [9.17, 15) is 9.59 Å². The van der Waals surface area contributed by atoms with Crippen LogP contribution in [0.25, 0.3) is 0 Å². The lowest BCUT2D eigenvalue weighted by molar-refractivity contribution is -0.123. The van der Waals surface area contributed by atoms with Crippen LogP contribution in [0, 0.1) is 0 Å². The second kappa shape index (κ2) is 4.41. The maximum absolute atomic E-state index is 10.7. The molecule has 4 nitrogen and oxygen atoms in total. The number of hydrogen-bond acceptors (Lipinski definition) is 3. The van der Waals surface area contributed by atoms with E-state index in [1.54, 1.807) is 31.2 Å². The number of amides is 1. The van der Waals surface area contributed by atoms with Crippen LogP contribution in [0.5, 0.6) is 5.75 Å². The second-order valence-electron chi connectivity index (χ2n) is 2.85. The summed E-state index contributed by atoms with van der Waals surface area (Å²) in [4.78, 5) is 21.0. The molecule has 0 aromatic heterocycles. The van der Waals surface area contributed by atoms with Gasteiger partial charge in [0.1, 0.15) is 12.0 Å². The first-order valence-corrected chi connectivity index (χ1v) is 4.14. The Labute approximate surface area is 81.7 Å². The summed E-state index contributed by atoms with van der Waals surface area (Å²) in [5, 5.41) is 0. The molecule has 0 spiro atoms. The van der Waals surface area contributed by atoms with Crippen molar-refractivity contribution in [2.24, 2.45) is 5.73 Å². The van der Waals surface area contributed by atoms with Gasteiger partial charge in [0.05, 0.1) is 0 Å². The van der Waals surface area contributed by atoms with E-state index in [2.05, 4.69) is 0 Å². The fraction of sp³-hybridized carbons (Fsp3) is 0.200. The number of carbonyl (C=O) groups excluding carboxylic acids is 2. The molecular weight excluding hydrogens is 182 g/mol. The Balaban J connectivity index is 2.68. The smallest absolute Gasteiger partial charge is 0.258 e. The molecule has 0 saturated heterocycles. The van der Waals surface area contributed by atoms with Crippen molar-refractivity contribution in [3.05, 3.63) is 29.8 Å². The zero-order chi connectivity index (χ0) is 10.6. The number of carbonyl (C=O) groups is 2. The third kappa shape index (κ3) is 2.58. The molecule has 4 heteroatoms. The Morgan fingerprint density at radius 2 is 2.00 bits per heavy atom. The molecule has 0 aliphatic heterocycles. The lowest BCUT2D eigenvalue weighted by atomic mass is 10.2. The molecule has 0 aliphatic carbocycles. The standard InChI is InChI=1S/C10H11NO3/c1-7(10(11)13)14-9-4-2-8(6-12)3-5-9/h2-7H,1H3,(H2,11,13)/t7-/m0/s1. The van der Waals surface area contributed by atoms with Crippen molar-refractivity contribution in [2.45, 2.75) is 13.0 Å². The molecule has 0 radical (unpaired) electrons. The SMILES string of the molecule is C[C@H](Oc1ccc(C=O)cc1)C(N)=O. The Morgan fingerprint density at radius 3 is 2.43 bits per heavy atom. The van der Waals surface area contributed by atoms with E-state index >= 15 is 0 Å². The zero-order valence-corrected chi connectivity index (χ0v) is 7.77. The number of ether oxygens (including phenoxy) is 1. The fourth-order valence-electron chi connectivity index (χ4n) is 0.887. The van der Waals surface area contributed by atoms with E-state index in [1.165, 1.54) is 0 Å². The fourth-order valence-corrected chi connectivity index (χ4v) is 0.887. The number of primary amides is 1. The Bertz CT molecular complexity index is 332. The number of nitrogens with two attached hydrogens (primary N) is 1. The quantitative estimate of drug-likeness (QED) is 0.717. The van der Waals surface area contributed by atoms with E-state index < -0.39 is 12.0 Å². The summed E-state index contributed by atoms with van der Waals surface area (Å²) in [6.07, 6.45) is 0.0680. The van der Waals surface area contributed by atoms with Crippen molar-refractivity contribution < 1.29 is 14.3 Å². The van der Waals surface area contributed by atoms with Gasteiger partial charge in [0.15, 0.2) is 6.10 Å². The molecule has 74 valence electrons. The van der Waals surface area contributed by atoms with Gasteiger partial charge in [0, 0.05) is 5.56 Å². The molecule has 1 atom stereocenters. The number of aldehydes is 1. The highest BCUT2D eigenvalue weighted by Crippen LogP contribution is 2.12. The van der Waals surface area contributed by atoms with Gasteiger partial charge in [0.2, 0.25) is 0 Å². The molecule has 1 aromatic carbocycles. The van der Waals surface area contributed by atoms with Gasteiger partial charge in [-0.2, -0.15) is 0 Å². The van der Waals surface area contributed by atoms with Crippen LogP contribution in [-0.4, -0.2) is 18.3 Å². The largest absolute Gasteiger partial charge is 0.481 e. The number of rotatable bonds is 4. The molecule has 2 N–H and O–H groups in total. The van der Waals surface area contributed by atoms with E-state index in [4.69, 9.17) is 10.5 Å². The lowest BCUT2D eigenvalue weighted by Gasteiger charge is -2.10. The third-order valence-corrected chi connectivity index (χ3v) is 1.73. The van der Waals surface area contributed by atoms with Crippen molar-refractivity contribution in [3.8, 4) is 5.75 Å². The molecule has 0 heterocycles. The first kappa shape index (κ1) is 10.2. The predicted molar refractivity (Wildman–Crippen MR) is 51.1 cm³/mol.